The van der Waals surface area contributed by atoms with E-state index in [1.54, 1.807) is 0 Å². The lowest BCUT2D eigenvalue weighted by Crippen LogP contribution is -2.38. The normalized spacial score (nSPS) is 29.7. The molecule has 1 heterocycles. The average Bonchev–Trinajstić information content (AvgIpc) is 3.48. The molecule has 0 spiro atoms. The molecule has 0 saturated heterocycles. The fraction of sp³-hybridized carbons (Fsp3) is 0.609. The number of hydrogen-bond acceptors (Lipinski definition) is 4. The molecule has 0 aliphatic heterocycles. The first-order valence-corrected chi connectivity index (χ1v) is 12.0. The van der Waals surface area contributed by atoms with Crippen LogP contribution in [0, 0.1) is 23.7 Å². The van der Waals surface area contributed by atoms with Gasteiger partial charge in [-0.25, -0.2) is 0 Å². The van der Waals surface area contributed by atoms with E-state index in [1.165, 1.54) is 22.6 Å². The third kappa shape index (κ3) is 3.37. The zero-order valence-electron chi connectivity index (χ0n) is 17.0. The van der Waals surface area contributed by atoms with Crippen molar-refractivity contribution in [2.45, 2.75) is 63.8 Å². The maximum absolute atomic E-state index is 13.2. The van der Waals surface area contributed by atoms with Crippen LogP contribution in [0.2, 0.25) is 0 Å². The second kappa shape index (κ2) is 7.84. The number of carboxylic acid groups (broad SMARTS) is 1. The molecule has 0 aromatic carbocycles. The molecule has 30 heavy (non-hydrogen) atoms. The van der Waals surface area contributed by atoms with Gasteiger partial charge in [0, 0.05) is 10.9 Å². The monoisotopic (exact) mass is 428 g/mol. The highest BCUT2D eigenvalue weighted by Gasteiger charge is 2.51. The molecular weight excluding hydrogens is 400 g/mol. The van der Waals surface area contributed by atoms with Gasteiger partial charge >= 0.3 is 5.97 Å². The molecule has 160 valence electrons. The standard InChI is InChI=1S/C23H28N2O4S/c26-20(17-12-9-10-13(11-12)18(17)23(28)29)25-22-19(15-7-4-8-16(15)30-22)21(27)24-14-5-2-1-3-6-14/h9-10,12-14,17-18H,1-8,11H2,(H,24,27)(H,25,26)(H,28,29)/t12-,13+,17-,18+/m1/s1. The zero-order valence-corrected chi connectivity index (χ0v) is 17.8. The van der Waals surface area contributed by atoms with Crippen LogP contribution in [0.25, 0.3) is 0 Å². The molecule has 1 aromatic heterocycles. The Kier molecular flexibility index (Phi) is 5.17. The number of aryl methyl sites for hydroxylation is 1. The van der Waals surface area contributed by atoms with Crippen molar-refractivity contribution in [2.24, 2.45) is 23.7 Å². The Hall–Kier alpha value is -2.15. The van der Waals surface area contributed by atoms with Gasteiger partial charge in [0.15, 0.2) is 0 Å². The van der Waals surface area contributed by atoms with E-state index in [4.69, 9.17) is 0 Å². The molecule has 2 saturated carbocycles. The van der Waals surface area contributed by atoms with Crippen molar-refractivity contribution in [2.75, 3.05) is 5.32 Å². The van der Waals surface area contributed by atoms with Crippen molar-refractivity contribution in [3.05, 3.63) is 28.2 Å². The van der Waals surface area contributed by atoms with Crippen LogP contribution >= 0.6 is 11.3 Å². The van der Waals surface area contributed by atoms with E-state index in [1.807, 2.05) is 12.2 Å². The van der Waals surface area contributed by atoms with Gasteiger partial charge in [0.1, 0.15) is 5.00 Å². The number of fused-ring (bicyclic) bond motifs is 3. The molecule has 1 aromatic rings. The summed E-state index contributed by atoms with van der Waals surface area (Å²) in [6, 6.07) is 0.207. The molecule has 0 radical (unpaired) electrons. The second-order valence-electron chi connectivity index (χ2n) is 9.20. The van der Waals surface area contributed by atoms with Gasteiger partial charge in [-0.05, 0) is 55.9 Å². The fourth-order valence-electron chi connectivity index (χ4n) is 5.95. The summed E-state index contributed by atoms with van der Waals surface area (Å²) in [4.78, 5) is 39.3. The molecule has 0 unspecified atom stereocenters. The first-order valence-electron chi connectivity index (χ1n) is 11.2. The van der Waals surface area contributed by atoms with E-state index in [2.05, 4.69) is 10.6 Å². The van der Waals surface area contributed by atoms with E-state index in [-0.39, 0.29) is 29.7 Å². The number of aliphatic carboxylic acids is 1. The van der Waals surface area contributed by atoms with Crippen molar-refractivity contribution < 1.29 is 19.5 Å². The minimum absolute atomic E-state index is 0.0255. The summed E-state index contributed by atoms with van der Waals surface area (Å²) in [7, 11) is 0. The van der Waals surface area contributed by atoms with Gasteiger partial charge < -0.3 is 15.7 Å². The summed E-state index contributed by atoms with van der Waals surface area (Å²) < 4.78 is 0. The van der Waals surface area contributed by atoms with E-state index >= 15 is 0 Å². The van der Waals surface area contributed by atoms with E-state index < -0.39 is 17.8 Å². The van der Waals surface area contributed by atoms with Crippen LogP contribution in [0.5, 0.6) is 0 Å². The summed E-state index contributed by atoms with van der Waals surface area (Å²) in [5, 5.41) is 16.5. The average molecular weight is 429 g/mol. The number of allylic oxidation sites excluding steroid dienone is 2. The lowest BCUT2D eigenvalue weighted by molar-refractivity contribution is -0.146. The summed E-state index contributed by atoms with van der Waals surface area (Å²) in [5.41, 5.74) is 1.70. The Labute approximate surface area is 180 Å². The number of thiophene rings is 1. The van der Waals surface area contributed by atoms with Gasteiger partial charge in [-0.2, -0.15) is 0 Å². The number of carbonyl (C=O) groups is 3. The number of carbonyl (C=O) groups excluding carboxylic acids is 2. The Morgan fingerprint density at radius 2 is 1.70 bits per heavy atom. The lowest BCUT2D eigenvalue weighted by Gasteiger charge is -2.24. The van der Waals surface area contributed by atoms with E-state index in [0.717, 1.165) is 56.9 Å². The quantitative estimate of drug-likeness (QED) is 0.622. The van der Waals surface area contributed by atoms with Gasteiger partial charge in [0.05, 0.1) is 17.4 Å². The highest BCUT2D eigenvalue weighted by Crippen LogP contribution is 2.49. The second-order valence-corrected chi connectivity index (χ2v) is 10.3. The van der Waals surface area contributed by atoms with Crippen LogP contribution < -0.4 is 10.6 Å². The third-order valence-corrected chi connectivity index (χ3v) is 8.58. The number of rotatable bonds is 5. The van der Waals surface area contributed by atoms with Crippen LogP contribution in [-0.2, 0) is 22.4 Å². The van der Waals surface area contributed by atoms with Crippen molar-refractivity contribution >= 4 is 34.1 Å². The summed E-state index contributed by atoms with van der Waals surface area (Å²) in [6.45, 7) is 0. The number of nitrogens with one attached hydrogen (secondary N) is 2. The Morgan fingerprint density at radius 3 is 2.43 bits per heavy atom. The number of carboxylic acids is 1. The molecule has 2 fully saturated rings. The SMILES string of the molecule is O=C(NC1CCCCC1)c1c(NC(=O)[C@H]2[C@@H](C(=O)O)[C@H]3C=C[C@@H]2C3)sc2c1CCC2. The van der Waals surface area contributed by atoms with Crippen molar-refractivity contribution in [3.8, 4) is 0 Å². The predicted molar refractivity (Wildman–Crippen MR) is 115 cm³/mol. The molecule has 2 amide bonds. The molecule has 7 heteroatoms. The first-order chi connectivity index (χ1) is 14.5. The molecule has 6 nitrogen and oxygen atoms in total. The van der Waals surface area contributed by atoms with Gasteiger partial charge in [0.2, 0.25) is 5.91 Å². The Morgan fingerprint density at radius 1 is 0.967 bits per heavy atom. The fourth-order valence-corrected chi connectivity index (χ4v) is 7.24. The Balaban J connectivity index is 1.38. The molecule has 4 aliphatic carbocycles. The number of anilines is 1. The maximum Gasteiger partial charge on any atom is 0.307 e. The summed E-state index contributed by atoms with van der Waals surface area (Å²) >= 11 is 1.50. The highest BCUT2D eigenvalue weighted by atomic mass is 32.1. The van der Waals surface area contributed by atoms with Crippen LogP contribution in [0.15, 0.2) is 12.2 Å². The first kappa shape index (κ1) is 19.8. The topological polar surface area (TPSA) is 95.5 Å². The molecular formula is C23H28N2O4S. The summed E-state index contributed by atoms with van der Waals surface area (Å²) in [6.07, 6.45) is 13.0. The highest BCUT2D eigenvalue weighted by molar-refractivity contribution is 7.17. The molecule has 4 atom stereocenters. The smallest absolute Gasteiger partial charge is 0.307 e. The van der Waals surface area contributed by atoms with Crippen LogP contribution in [-0.4, -0.2) is 28.9 Å². The van der Waals surface area contributed by atoms with E-state index in [0.29, 0.717) is 10.6 Å². The van der Waals surface area contributed by atoms with Crippen LogP contribution in [0.3, 0.4) is 0 Å². The minimum Gasteiger partial charge on any atom is -0.481 e. The van der Waals surface area contributed by atoms with E-state index in [9.17, 15) is 19.5 Å². The largest absolute Gasteiger partial charge is 0.481 e. The molecule has 3 N–H and O–H groups in total. The molecule has 5 rings (SSSR count). The van der Waals surface area contributed by atoms with Crippen molar-refractivity contribution in [3.63, 3.8) is 0 Å². The Bertz CT molecular complexity index is 915. The minimum atomic E-state index is -0.907. The van der Waals surface area contributed by atoms with Gasteiger partial charge in [0.25, 0.3) is 5.91 Å². The van der Waals surface area contributed by atoms with Crippen molar-refractivity contribution in [1.29, 1.82) is 0 Å². The maximum atomic E-state index is 13.2. The lowest BCUT2D eigenvalue weighted by atomic mass is 9.82. The zero-order chi connectivity index (χ0) is 20.8. The van der Waals surface area contributed by atoms with Gasteiger partial charge in [-0.1, -0.05) is 31.4 Å². The van der Waals surface area contributed by atoms with Gasteiger partial charge in [-0.3, -0.25) is 14.4 Å². The number of amides is 2. The number of hydrogen-bond donors (Lipinski definition) is 3. The van der Waals surface area contributed by atoms with Crippen LogP contribution in [0.4, 0.5) is 5.00 Å². The molecule has 2 bridgehead atoms. The van der Waals surface area contributed by atoms with Gasteiger partial charge in [-0.15, -0.1) is 11.3 Å². The third-order valence-electron chi connectivity index (χ3n) is 7.37. The summed E-state index contributed by atoms with van der Waals surface area (Å²) in [5.74, 6) is -2.58. The van der Waals surface area contributed by atoms with Crippen LogP contribution in [0.1, 0.15) is 65.7 Å². The van der Waals surface area contributed by atoms with Crippen molar-refractivity contribution in [1.82, 2.24) is 5.32 Å². The molecule has 4 aliphatic rings. The predicted octanol–water partition coefficient (Wildman–Crippen LogP) is 3.76.